The van der Waals surface area contributed by atoms with Crippen molar-refractivity contribution < 1.29 is 14.9 Å². The molecule has 1 fully saturated rings. The fraction of sp³-hybridized carbons (Fsp3) is 0.538. The van der Waals surface area contributed by atoms with Crippen molar-refractivity contribution in [1.82, 2.24) is 14.5 Å². The van der Waals surface area contributed by atoms with Crippen LogP contribution in [0.4, 0.5) is 5.82 Å². The highest BCUT2D eigenvalue weighted by molar-refractivity contribution is 5.86. The van der Waals surface area contributed by atoms with E-state index in [0.29, 0.717) is 11.5 Å². The van der Waals surface area contributed by atoms with Crippen LogP contribution in [0.1, 0.15) is 20.1 Å². The molecule has 20 heavy (non-hydrogen) atoms. The van der Waals surface area contributed by atoms with E-state index < -0.39 is 24.5 Å². The molecule has 0 aromatic carbocycles. The zero-order valence-electron chi connectivity index (χ0n) is 11.3. The van der Waals surface area contributed by atoms with Crippen LogP contribution in [0.2, 0.25) is 0 Å². The Hall–Kier alpha value is -1.70. The molecule has 0 amide bonds. The maximum Gasteiger partial charge on any atom is 0.147 e. The van der Waals surface area contributed by atoms with Crippen molar-refractivity contribution >= 4 is 16.9 Å². The first-order valence-corrected chi connectivity index (χ1v) is 6.59. The standard InChI is InChI=1S/C13H18N4O3/c1-6-9(19)10(7(2)18)20-13(6)17-4-3-8-11(14)15-5-16-12(8)17/h3-7,9-10,13,18-19H,1-2H3,(H2,14,15,16)/t6-,7?,9-,10+,13?/m0/s1. The summed E-state index contributed by atoms with van der Waals surface area (Å²) in [7, 11) is 0. The number of fused-ring (bicyclic) bond motifs is 1. The van der Waals surface area contributed by atoms with Gasteiger partial charge in [0.15, 0.2) is 0 Å². The Labute approximate surface area is 116 Å². The minimum Gasteiger partial charge on any atom is -0.391 e. The number of aliphatic hydroxyl groups is 2. The van der Waals surface area contributed by atoms with Gasteiger partial charge < -0.3 is 25.3 Å². The largest absolute Gasteiger partial charge is 0.391 e. The van der Waals surface area contributed by atoms with Gasteiger partial charge in [0.1, 0.15) is 30.1 Å². The number of aliphatic hydroxyl groups excluding tert-OH is 2. The van der Waals surface area contributed by atoms with Crippen LogP contribution in [0.15, 0.2) is 18.6 Å². The Morgan fingerprint density at radius 3 is 2.85 bits per heavy atom. The number of rotatable bonds is 2. The number of hydrogen-bond donors (Lipinski definition) is 3. The average molecular weight is 278 g/mol. The molecule has 3 rings (SSSR count). The van der Waals surface area contributed by atoms with E-state index in [4.69, 9.17) is 10.5 Å². The smallest absolute Gasteiger partial charge is 0.147 e. The second-order valence-electron chi connectivity index (χ2n) is 5.30. The number of nitrogens with two attached hydrogens (primary N) is 1. The van der Waals surface area contributed by atoms with Gasteiger partial charge in [0.25, 0.3) is 0 Å². The molecule has 0 aliphatic carbocycles. The summed E-state index contributed by atoms with van der Waals surface area (Å²) in [5.41, 5.74) is 6.47. The van der Waals surface area contributed by atoms with E-state index in [-0.39, 0.29) is 5.92 Å². The van der Waals surface area contributed by atoms with Crippen LogP contribution < -0.4 is 5.73 Å². The third kappa shape index (κ3) is 1.86. The van der Waals surface area contributed by atoms with Crippen LogP contribution in [0.5, 0.6) is 0 Å². The summed E-state index contributed by atoms with van der Waals surface area (Å²) in [6.07, 6.45) is 0.753. The van der Waals surface area contributed by atoms with E-state index in [9.17, 15) is 10.2 Å². The molecular weight excluding hydrogens is 260 g/mol. The molecule has 0 radical (unpaired) electrons. The predicted octanol–water partition coefficient (Wildman–Crippen LogP) is 0.289. The molecule has 1 saturated heterocycles. The van der Waals surface area contributed by atoms with Gasteiger partial charge in [-0.3, -0.25) is 0 Å². The van der Waals surface area contributed by atoms with Crippen LogP contribution in [0, 0.1) is 5.92 Å². The van der Waals surface area contributed by atoms with Gasteiger partial charge in [-0.15, -0.1) is 0 Å². The average Bonchev–Trinajstić information content (AvgIpc) is 2.94. The second kappa shape index (κ2) is 4.69. The topological polar surface area (TPSA) is 106 Å². The fourth-order valence-corrected chi connectivity index (χ4v) is 2.75. The second-order valence-corrected chi connectivity index (χ2v) is 5.30. The lowest BCUT2D eigenvalue weighted by molar-refractivity contribution is -0.0755. The maximum atomic E-state index is 10.2. The van der Waals surface area contributed by atoms with E-state index in [2.05, 4.69) is 9.97 Å². The van der Waals surface area contributed by atoms with Crippen LogP contribution in [-0.4, -0.2) is 43.1 Å². The molecule has 7 heteroatoms. The van der Waals surface area contributed by atoms with Gasteiger partial charge >= 0.3 is 0 Å². The third-order valence-corrected chi connectivity index (χ3v) is 3.91. The summed E-state index contributed by atoms with van der Waals surface area (Å²) in [6.45, 7) is 3.49. The van der Waals surface area contributed by atoms with Gasteiger partial charge in [-0.25, -0.2) is 9.97 Å². The summed E-state index contributed by atoms with van der Waals surface area (Å²) in [5.74, 6) is 0.244. The van der Waals surface area contributed by atoms with Gasteiger partial charge in [-0.05, 0) is 13.0 Å². The Bertz CT molecular complexity index is 627. The number of nitrogen functional groups attached to an aromatic ring is 1. The number of nitrogens with zero attached hydrogens (tertiary/aromatic N) is 3. The van der Waals surface area contributed by atoms with Crippen LogP contribution in [-0.2, 0) is 4.74 Å². The van der Waals surface area contributed by atoms with Crippen molar-refractivity contribution in [2.45, 2.75) is 38.4 Å². The monoisotopic (exact) mass is 278 g/mol. The summed E-state index contributed by atoms with van der Waals surface area (Å²) < 4.78 is 7.62. The third-order valence-electron chi connectivity index (χ3n) is 3.91. The molecule has 3 heterocycles. The summed E-state index contributed by atoms with van der Waals surface area (Å²) >= 11 is 0. The normalized spacial score (nSPS) is 31.8. The first kappa shape index (κ1) is 13.3. The molecule has 108 valence electrons. The molecule has 0 spiro atoms. The number of hydrogen-bond acceptors (Lipinski definition) is 6. The Kier molecular flexibility index (Phi) is 3.12. The number of ether oxygens (including phenoxy) is 1. The highest BCUT2D eigenvalue weighted by Gasteiger charge is 2.44. The molecule has 1 aliphatic rings. The van der Waals surface area contributed by atoms with E-state index in [1.54, 1.807) is 6.92 Å². The molecular formula is C13H18N4O3. The van der Waals surface area contributed by atoms with Crippen LogP contribution >= 0.6 is 0 Å². The van der Waals surface area contributed by atoms with Crippen molar-refractivity contribution in [3.05, 3.63) is 18.6 Å². The summed E-state index contributed by atoms with van der Waals surface area (Å²) in [5, 5.41) is 20.6. The molecule has 5 atom stereocenters. The Balaban J connectivity index is 2.02. The van der Waals surface area contributed by atoms with Gasteiger partial charge in [-0.1, -0.05) is 6.92 Å². The lowest BCUT2D eigenvalue weighted by atomic mass is 9.99. The molecule has 7 nitrogen and oxygen atoms in total. The Morgan fingerprint density at radius 2 is 2.20 bits per heavy atom. The quantitative estimate of drug-likeness (QED) is 0.729. The molecule has 2 unspecified atom stereocenters. The van der Waals surface area contributed by atoms with Crippen molar-refractivity contribution in [2.75, 3.05) is 5.73 Å². The van der Waals surface area contributed by atoms with E-state index in [1.807, 2.05) is 23.8 Å². The highest BCUT2D eigenvalue weighted by atomic mass is 16.5. The first-order chi connectivity index (χ1) is 9.50. The van der Waals surface area contributed by atoms with E-state index >= 15 is 0 Å². The highest BCUT2D eigenvalue weighted by Crippen LogP contribution is 2.37. The van der Waals surface area contributed by atoms with Crippen LogP contribution in [0.25, 0.3) is 11.0 Å². The van der Waals surface area contributed by atoms with Crippen molar-refractivity contribution in [3.8, 4) is 0 Å². The maximum absolute atomic E-state index is 10.2. The van der Waals surface area contributed by atoms with Crippen molar-refractivity contribution in [1.29, 1.82) is 0 Å². The summed E-state index contributed by atoms with van der Waals surface area (Å²) in [6, 6.07) is 1.82. The van der Waals surface area contributed by atoms with Crippen molar-refractivity contribution in [2.24, 2.45) is 5.92 Å². The van der Waals surface area contributed by atoms with Gasteiger partial charge in [0.05, 0.1) is 17.6 Å². The molecule has 0 bridgehead atoms. The zero-order valence-corrected chi connectivity index (χ0v) is 11.3. The minimum absolute atomic E-state index is 0.165. The molecule has 4 N–H and O–H groups in total. The van der Waals surface area contributed by atoms with Gasteiger partial charge in [0, 0.05) is 12.1 Å². The molecule has 2 aromatic heterocycles. The molecule has 0 saturated carbocycles. The lowest BCUT2D eigenvalue weighted by Gasteiger charge is -2.18. The predicted molar refractivity (Wildman–Crippen MR) is 72.7 cm³/mol. The van der Waals surface area contributed by atoms with E-state index in [1.165, 1.54) is 6.33 Å². The minimum atomic E-state index is -0.737. The lowest BCUT2D eigenvalue weighted by Crippen LogP contribution is -2.34. The molecule has 2 aromatic rings. The zero-order chi connectivity index (χ0) is 14.4. The van der Waals surface area contributed by atoms with Crippen LogP contribution in [0.3, 0.4) is 0 Å². The number of aromatic nitrogens is 3. The van der Waals surface area contributed by atoms with Gasteiger partial charge in [0.2, 0.25) is 0 Å². The number of anilines is 1. The first-order valence-electron chi connectivity index (χ1n) is 6.59. The van der Waals surface area contributed by atoms with E-state index in [0.717, 1.165) is 5.39 Å². The van der Waals surface area contributed by atoms with Crippen molar-refractivity contribution in [3.63, 3.8) is 0 Å². The Morgan fingerprint density at radius 1 is 1.45 bits per heavy atom. The summed E-state index contributed by atoms with van der Waals surface area (Å²) in [4.78, 5) is 8.17. The fourth-order valence-electron chi connectivity index (χ4n) is 2.75. The molecule has 1 aliphatic heterocycles. The SMILES string of the molecule is CC(O)[C@H]1OC(n2ccc3c(N)ncnc32)[C@@H](C)[C@@H]1O. The van der Waals surface area contributed by atoms with Gasteiger partial charge in [-0.2, -0.15) is 0 Å².